The van der Waals surface area contributed by atoms with Gasteiger partial charge in [-0.05, 0) is 67.2 Å². The van der Waals surface area contributed by atoms with Gasteiger partial charge in [-0.2, -0.15) is 0 Å². The Labute approximate surface area is 126 Å². The normalized spacial score (nSPS) is 34.7. The Morgan fingerprint density at radius 2 is 2.10 bits per heavy atom. The van der Waals surface area contributed by atoms with Gasteiger partial charge in [0.2, 0.25) is 0 Å². The molecule has 0 amide bonds. The lowest BCUT2D eigenvalue weighted by molar-refractivity contribution is -0.157. The number of aryl methyl sites for hydroxylation is 1. The first-order valence-corrected chi connectivity index (χ1v) is 7.82. The molecule has 0 heterocycles. The predicted octanol–water partition coefficient (Wildman–Crippen LogP) is 3.79. The van der Waals surface area contributed by atoms with E-state index in [2.05, 4.69) is 19.1 Å². The average Bonchev–Trinajstić information content (AvgIpc) is 2.46. The molecular weight excluding hydrogens is 264 g/mol. The second kappa shape index (κ2) is 4.75. The standard InChI is InChI=1S/C18H24O3/c1-17-9-4-10-18(2,16(19)20)15(17)8-6-12-5-7-13(21-3)11-14(12)17/h5,7,11,15H,4,6,8-10H2,1-3H3,(H,19,20)/t15-,17?,18+/m1/s1. The summed E-state index contributed by atoms with van der Waals surface area (Å²) in [6, 6.07) is 6.30. The summed E-state index contributed by atoms with van der Waals surface area (Å²) < 4.78 is 5.39. The quantitative estimate of drug-likeness (QED) is 0.900. The first-order chi connectivity index (χ1) is 9.91. The minimum atomic E-state index is -0.634. The Balaban J connectivity index is 2.12. The first-order valence-electron chi connectivity index (χ1n) is 7.82. The van der Waals surface area contributed by atoms with Gasteiger partial charge in [0.25, 0.3) is 0 Å². The third kappa shape index (κ3) is 1.97. The Bertz CT molecular complexity index is 580. The Kier molecular flexibility index (Phi) is 3.27. The molecule has 3 nitrogen and oxygen atoms in total. The molecule has 2 aliphatic carbocycles. The molecule has 3 heteroatoms. The highest BCUT2D eigenvalue weighted by Gasteiger charge is 2.55. The van der Waals surface area contributed by atoms with E-state index in [0.29, 0.717) is 0 Å². The number of carbonyl (C=O) groups is 1. The van der Waals surface area contributed by atoms with Gasteiger partial charge in [-0.3, -0.25) is 4.79 Å². The molecular formula is C18H24O3. The van der Waals surface area contributed by atoms with Crippen LogP contribution in [0.4, 0.5) is 0 Å². The van der Waals surface area contributed by atoms with E-state index >= 15 is 0 Å². The van der Waals surface area contributed by atoms with E-state index in [9.17, 15) is 9.90 Å². The molecule has 0 aliphatic heterocycles. The fourth-order valence-electron chi connectivity index (χ4n) is 4.82. The summed E-state index contributed by atoms with van der Waals surface area (Å²) >= 11 is 0. The highest BCUT2D eigenvalue weighted by Crippen LogP contribution is 2.57. The summed E-state index contributed by atoms with van der Waals surface area (Å²) in [6.07, 6.45) is 4.79. The lowest BCUT2D eigenvalue weighted by Crippen LogP contribution is -2.52. The van der Waals surface area contributed by atoms with Crippen LogP contribution in [0.5, 0.6) is 5.75 Å². The number of carboxylic acids is 1. The Morgan fingerprint density at radius 3 is 2.76 bits per heavy atom. The number of benzene rings is 1. The minimum Gasteiger partial charge on any atom is -0.497 e. The van der Waals surface area contributed by atoms with E-state index in [-0.39, 0.29) is 11.3 Å². The average molecular weight is 288 g/mol. The zero-order valence-corrected chi connectivity index (χ0v) is 13.1. The fraction of sp³-hybridized carbons (Fsp3) is 0.611. The number of rotatable bonds is 2. The van der Waals surface area contributed by atoms with E-state index < -0.39 is 11.4 Å². The van der Waals surface area contributed by atoms with Crippen molar-refractivity contribution in [3.63, 3.8) is 0 Å². The van der Waals surface area contributed by atoms with Gasteiger partial charge in [-0.1, -0.05) is 19.4 Å². The molecule has 1 N–H and O–H groups in total. The molecule has 0 spiro atoms. The molecule has 3 atom stereocenters. The van der Waals surface area contributed by atoms with Gasteiger partial charge in [0, 0.05) is 0 Å². The zero-order chi connectivity index (χ0) is 15.3. The van der Waals surface area contributed by atoms with Crippen LogP contribution >= 0.6 is 0 Å². The SMILES string of the molecule is COc1ccc2c(c1)C1(C)CCC[C@](C)(C(=O)O)[C@@H]1CC2. The van der Waals surface area contributed by atoms with Crippen molar-refractivity contribution in [1.82, 2.24) is 0 Å². The van der Waals surface area contributed by atoms with Gasteiger partial charge >= 0.3 is 5.97 Å². The van der Waals surface area contributed by atoms with Crippen molar-refractivity contribution in [3.8, 4) is 5.75 Å². The summed E-state index contributed by atoms with van der Waals surface area (Å²) in [5.41, 5.74) is 2.02. The maximum Gasteiger partial charge on any atom is 0.309 e. The van der Waals surface area contributed by atoms with Crippen LogP contribution in [0.25, 0.3) is 0 Å². The lowest BCUT2D eigenvalue weighted by Gasteiger charge is -2.53. The Morgan fingerprint density at radius 1 is 1.33 bits per heavy atom. The van der Waals surface area contributed by atoms with E-state index in [1.807, 2.05) is 13.0 Å². The summed E-state index contributed by atoms with van der Waals surface area (Å²) in [7, 11) is 1.69. The second-order valence-corrected chi connectivity index (χ2v) is 7.11. The summed E-state index contributed by atoms with van der Waals surface area (Å²) in [5.74, 6) is 0.443. The van der Waals surface area contributed by atoms with E-state index in [1.165, 1.54) is 11.1 Å². The van der Waals surface area contributed by atoms with Crippen molar-refractivity contribution < 1.29 is 14.6 Å². The molecule has 1 aromatic rings. The number of methoxy groups -OCH3 is 1. The third-order valence-electron chi connectivity index (χ3n) is 6.05. The van der Waals surface area contributed by atoms with Crippen LogP contribution in [-0.2, 0) is 16.6 Å². The topological polar surface area (TPSA) is 46.5 Å². The number of aliphatic carboxylic acids is 1. The monoisotopic (exact) mass is 288 g/mol. The van der Waals surface area contributed by atoms with Gasteiger partial charge in [0.05, 0.1) is 12.5 Å². The van der Waals surface area contributed by atoms with Crippen LogP contribution in [0.1, 0.15) is 50.7 Å². The van der Waals surface area contributed by atoms with Crippen molar-refractivity contribution in [2.45, 2.75) is 51.4 Å². The minimum absolute atomic E-state index is 0.0481. The van der Waals surface area contributed by atoms with Crippen LogP contribution < -0.4 is 4.74 Å². The largest absolute Gasteiger partial charge is 0.497 e. The molecule has 1 aromatic carbocycles. The number of hydrogen-bond donors (Lipinski definition) is 1. The molecule has 21 heavy (non-hydrogen) atoms. The molecule has 1 saturated carbocycles. The van der Waals surface area contributed by atoms with Crippen molar-refractivity contribution in [2.75, 3.05) is 7.11 Å². The molecule has 1 fully saturated rings. The van der Waals surface area contributed by atoms with Crippen LogP contribution in [0.2, 0.25) is 0 Å². The van der Waals surface area contributed by atoms with Gasteiger partial charge in [-0.15, -0.1) is 0 Å². The van der Waals surface area contributed by atoms with E-state index in [4.69, 9.17) is 4.74 Å². The maximum atomic E-state index is 11.9. The number of carboxylic acid groups (broad SMARTS) is 1. The van der Waals surface area contributed by atoms with Crippen LogP contribution in [0, 0.1) is 11.3 Å². The molecule has 0 aromatic heterocycles. The third-order valence-corrected chi connectivity index (χ3v) is 6.05. The fourth-order valence-corrected chi connectivity index (χ4v) is 4.82. The van der Waals surface area contributed by atoms with Gasteiger partial charge < -0.3 is 9.84 Å². The maximum absolute atomic E-state index is 11.9. The van der Waals surface area contributed by atoms with Crippen molar-refractivity contribution >= 4 is 5.97 Å². The molecule has 3 rings (SSSR count). The second-order valence-electron chi connectivity index (χ2n) is 7.11. The summed E-state index contributed by atoms with van der Waals surface area (Å²) in [6.45, 7) is 4.21. The Hall–Kier alpha value is -1.51. The van der Waals surface area contributed by atoms with Crippen LogP contribution in [-0.4, -0.2) is 18.2 Å². The summed E-state index contributed by atoms with van der Waals surface area (Å²) in [4.78, 5) is 11.9. The lowest BCUT2D eigenvalue weighted by atomic mass is 9.50. The number of ether oxygens (including phenoxy) is 1. The number of fused-ring (bicyclic) bond motifs is 3. The molecule has 0 saturated heterocycles. The van der Waals surface area contributed by atoms with Crippen LogP contribution in [0.3, 0.4) is 0 Å². The molecule has 0 bridgehead atoms. The highest BCUT2D eigenvalue weighted by molar-refractivity contribution is 5.75. The number of hydrogen-bond acceptors (Lipinski definition) is 2. The zero-order valence-electron chi connectivity index (χ0n) is 13.1. The van der Waals surface area contributed by atoms with Gasteiger partial charge in [0.15, 0.2) is 0 Å². The molecule has 1 unspecified atom stereocenters. The van der Waals surface area contributed by atoms with Crippen molar-refractivity contribution in [3.05, 3.63) is 29.3 Å². The van der Waals surface area contributed by atoms with Crippen LogP contribution in [0.15, 0.2) is 18.2 Å². The van der Waals surface area contributed by atoms with E-state index in [0.717, 1.165) is 37.9 Å². The molecule has 114 valence electrons. The van der Waals surface area contributed by atoms with E-state index in [1.54, 1.807) is 7.11 Å². The van der Waals surface area contributed by atoms with Gasteiger partial charge in [0.1, 0.15) is 5.75 Å². The summed E-state index contributed by atoms with van der Waals surface area (Å²) in [5, 5.41) is 9.77. The van der Waals surface area contributed by atoms with Gasteiger partial charge in [-0.25, -0.2) is 0 Å². The predicted molar refractivity (Wildman–Crippen MR) is 81.8 cm³/mol. The molecule has 0 radical (unpaired) electrons. The first kappa shape index (κ1) is 14.4. The smallest absolute Gasteiger partial charge is 0.309 e. The van der Waals surface area contributed by atoms with Crippen molar-refractivity contribution in [1.29, 1.82) is 0 Å². The van der Waals surface area contributed by atoms with Crippen molar-refractivity contribution in [2.24, 2.45) is 11.3 Å². The molecule has 2 aliphatic rings. The highest BCUT2D eigenvalue weighted by atomic mass is 16.5.